The summed E-state index contributed by atoms with van der Waals surface area (Å²) >= 11 is 1.47. The Balaban J connectivity index is 1.46. The largest absolute Gasteiger partial charge is 0.290 e. The van der Waals surface area contributed by atoms with Gasteiger partial charge in [0.1, 0.15) is 10.7 Å². The standard InChI is InChI=1S/C24H25N3OS/c1-16-9-11-19(12-10-16)24(3)14-13-20(17(24)2)26-27-22(28)21-15-29-23(25-21)18-7-5-4-6-8-18/h4-12,15,17H,13-14H2,1-3H3,(H,27,28). The normalized spacial score (nSPS) is 22.7. The Morgan fingerprint density at radius 1 is 1.17 bits per heavy atom. The summed E-state index contributed by atoms with van der Waals surface area (Å²) in [5.74, 6) is 0.00731. The van der Waals surface area contributed by atoms with Gasteiger partial charge in [-0.3, -0.25) is 4.79 Å². The SMILES string of the molecule is Cc1ccc(C2(C)CCC(=NNC(=O)c3csc(-c4ccccc4)n3)C2C)cc1. The molecule has 1 N–H and O–H groups in total. The van der Waals surface area contributed by atoms with E-state index >= 15 is 0 Å². The van der Waals surface area contributed by atoms with Gasteiger partial charge in [0.25, 0.3) is 5.91 Å². The van der Waals surface area contributed by atoms with Gasteiger partial charge in [-0.2, -0.15) is 5.10 Å². The van der Waals surface area contributed by atoms with Crippen LogP contribution in [0.15, 0.2) is 65.1 Å². The molecule has 5 heteroatoms. The Bertz CT molecular complexity index is 1040. The van der Waals surface area contributed by atoms with E-state index in [2.05, 4.69) is 60.5 Å². The van der Waals surface area contributed by atoms with Crippen molar-refractivity contribution in [2.75, 3.05) is 0 Å². The monoisotopic (exact) mass is 403 g/mol. The third-order valence-corrected chi connectivity index (χ3v) is 7.02. The zero-order chi connectivity index (χ0) is 20.4. The van der Waals surface area contributed by atoms with Crippen LogP contribution in [0, 0.1) is 12.8 Å². The van der Waals surface area contributed by atoms with E-state index in [0.717, 1.165) is 29.1 Å². The molecule has 1 aliphatic rings. The molecule has 1 heterocycles. The minimum Gasteiger partial charge on any atom is -0.266 e. The molecule has 3 aromatic rings. The molecule has 0 bridgehead atoms. The number of carbonyl (C=O) groups is 1. The predicted octanol–water partition coefficient (Wildman–Crippen LogP) is 5.59. The van der Waals surface area contributed by atoms with Gasteiger partial charge in [-0.15, -0.1) is 11.3 Å². The Morgan fingerprint density at radius 2 is 1.90 bits per heavy atom. The molecule has 0 aliphatic heterocycles. The third kappa shape index (κ3) is 3.87. The molecule has 0 radical (unpaired) electrons. The first-order chi connectivity index (χ1) is 14.0. The molecule has 148 valence electrons. The molecule has 4 nitrogen and oxygen atoms in total. The van der Waals surface area contributed by atoms with Crippen LogP contribution in [0.25, 0.3) is 10.6 Å². The molecule has 0 spiro atoms. The second-order valence-corrected chi connectivity index (χ2v) is 8.81. The number of amides is 1. The summed E-state index contributed by atoms with van der Waals surface area (Å²) in [6.07, 6.45) is 1.92. The highest BCUT2D eigenvalue weighted by molar-refractivity contribution is 7.13. The highest BCUT2D eigenvalue weighted by Crippen LogP contribution is 2.43. The van der Waals surface area contributed by atoms with E-state index in [9.17, 15) is 4.79 Å². The lowest BCUT2D eigenvalue weighted by Gasteiger charge is -2.29. The summed E-state index contributed by atoms with van der Waals surface area (Å²) in [7, 11) is 0. The minimum absolute atomic E-state index is 0.0401. The van der Waals surface area contributed by atoms with Gasteiger partial charge in [0, 0.05) is 28.0 Å². The minimum atomic E-state index is -0.257. The maximum atomic E-state index is 12.5. The molecule has 2 atom stereocenters. The van der Waals surface area contributed by atoms with Gasteiger partial charge in [-0.1, -0.05) is 74.0 Å². The van der Waals surface area contributed by atoms with Crippen LogP contribution in [0.5, 0.6) is 0 Å². The Morgan fingerprint density at radius 3 is 2.62 bits per heavy atom. The number of benzene rings is 2. The molecule has 1 amide bonds. The zero-order valence-corrected chi connectivity index (χ0v) is 17.8. The summed E-state index contributed by atoms with van der Waals surface area (Å²) in [5, 5.41) is 7.10. The van der Waals surface area contributed by atoms with Crippen molar-refractivity contribution >= 4 is 23.0 Å². The van der Waals surface area contributed by atoms with Crippen LogP contribution >= 0.6 is 11.3 Å². The predicted molar refractivity (Wildman–Crippen MR) is 119 cm³/mol. The highest BCUT2D eigenvalue weighted by Gasteiger charge is 2.41. The van der Waals surface area contributed by atoms with E-state index in [1.807, 2.05) is 30.3 Å². The van der Waals surface area contributed by atoms with Crippen molar-refractivity contribution in [3.63, 3.8) is 0 Å². The fourth-order valence-electron chi connectivity index (χ4n) is 3.94. The van der Waals surface area contributed by atoms with Crippen molar-refractivity contribution in [1.82, 2.24) is 10.4 Å². The molecular weight excluding hydrogens is 378 g/mol. The van der Waals surface area contributed by atoms with Gasteiger partial charge in [-0.05, 0) is 25.3 Å². The number of aryl methyl sites for hydroxylation is 1. The quantitative estimate of drug-likeness (QED) is 0.577. The number of rotatable bonds is 4. The molecule has 2 aromatic carbocycles. The van der Waals surface area contributed by atoms with Crippen LogP contribution in [0.3, 0.4) is 0 Å². The van der Waals surface area contributed by atoms with Crippen LogP contribution in [-0.4, -0.2) is 16.6 Å². The third-order valence-electron chi connectivity index (χ3n) is 6.13. The first kappa shape index (κ1) is 19.5. The number of carbonyl (C=O) groups excluding carboxylic acids is 1. The molecule has 1 saturated carbocycles. The van der Waals surface area contributed by atoms with Gasteiger partial charge in [0.2, 0.25) is 0 Å². The Hall–Kier alpha value is -2.79. The number of hydrogen-bond donors (Lipinski definition) is 1. The number of hydrogen-bond acceptors (Lipinski definition) is 4. The lowest BCUT2D eigenvalue weighted by Crippen LogP contribution is -2.29. The number of nitrogens with zero attached hydrogens (tertiary/aromatic N) is 2. The summed E-state index contributed by atoms with van der Waals surface area (Å²) < 4.78 is 0. The Labute approximate surface area is 175 Å². The lowest BCUT2D eigenvalue weighted by molar-refractivity contribution is 0.0950. The molecule has 2 unspecified atom stereocenters. The van der Waals surface area contributed by atoms with Crippen molar-refractivity contribution in [3.05, 3.63) is 76.8 Å². The fourth-order valence-corrected chi connectivity index (χ4v) is 4.75. The van der Waals surface area contributed by atoms with Crippen LogP contribution in [0.2, 0.25) is 0 Å². The number of hydrazone groups is 1. The van der Waals surface area contributed by atoms with Crippen molar-refractivity contribution in [3.8, 4) is 10.6 Å². The van der Waals surface area contributed by atoms with Crippen LogP contribution < -0.4 is 5.43 Å². The second-order valence-electron chi connectivity index (χ2n) is 7.95. The van der Waals surface area contributed by atoms with E-state index in [-0.39, 0.29) is 17.2 Å². The van der Waals surface area contributed by atoms with Crippen LogP contribution in [-0.2, 0) is 5.41 Å². The van der Waals surface area contributed by atoms with Crippen molar-refractivity contribution in [2.24, 2.45) is 11.0 Å². The summed E-state index contributed by atoms with van der Waals surface area (Å²) in [6.45, 7) is 6.60. The van der Waals surface area contributed by atoms with E-state index in [4.69, 9.17) is 0 Å². The van der Waals surface area contributed by atoms with Gasteiger partial charge in [0.15, 0.2) is 0 Å². The lowest BCUT2D eigenvalue weighted by atomic mass is 9.74. The molecule has 0 saturated heterocycles. The topological polar surface area (TPSA) is 54.4 Å². The maximum absolute atomic E-state index is 12.5. The molecule has 4 rings (SSSR count). The zero-order valence-electron chi connectivity index (χ0n) is 17.0. The van der Waals surface area contributed by atoms with Crippen molar-refractivity contribution in [1.29, 1.82) is 0 Å². The molecule has 1 aliphatic carbocycles. The van der Waals surface area contributed by atoms with E-state index in [1.165, 1.54) is 22.5 Å². The number of aromatic nitrogens is 1. The Kier molecular flexibility index (Phi) is 5.33. The van der Waals surface area contributed by atoms with E-state index in [1.54, 1.807) is 5.38 Å². The fraction of sp³-hybridized carbons (Fsp3) is 0.292. The van der Waals surface area contributed by atoms with Gasteiger partial charge in [0.05, 0.1) is 0 Å². The average Bonchev–Trinajstić information content (AvgIpc) is 3.34. The molecule has 1 fully saturated rings. The van der Waals surface area contributed by atoms with Gasteiger partial charge < -0.3 is 0 Å². The summed E-state index contributed by atoms with van der Waals surface area (Å²) in [4.78, 5) is 17.0. The van der Waals surface area contributed by atoms with Gasteiger partial charge >= 0.3 is 0 Å². The van der Waals surface area contributed by atoms with Crippen molar-refractivity contribution in [2.45, 2.75) is 39.0 Å². The molecular formula is C24H25N3OS. The second kappa shape index (κ2) is 7.91. The van der Waals surface area contributed by atoms with Gasteiger partial charge in [-0.25, -0.2) is 10.4 Å². The summed E-state index contributed by atoms with van der Waals surface area (Å²) in [6, 6.07) is 18.6. The molecule has 29 heavy (non-hydrogen) atoms. The smallest absolute Gasteiger partial charge is 0.266 e. The average molecular weight is 404 g/mol. The highest BCUT2D eigenvalue weighted by atomic mass is 32.1. The van der Waals surface area contributed by atoms with Crippen LogP contribution in [0.1, 0.15) is 48.3 Å². The number of thiazole rings is 1. The number of nitrogens with one attached hydrogen (secondary N) is 1. The first-order valence-electron chi connectivity index (χ1n) is 9.92. The van der Waals surface area contributed by atoms with Crippen molar-refractivity contribution < 1.29 is 4.79 Å². The maximum Gasteiger partial charge on any atom is 0.290 e. The molecule has 1 aromatic heterocycles. The van der Waals surface area contributed by atoms with Crippen LogP contribution in [0.4, 0.5) is 0 Å². The van der Waals surface area contributed by atoms with E-state index in [0.29, 0.717) is 5.69 Å². The summed E-state index contributed by atoms with van der Waals surface area (Å²) in [5.41, 5.74) is 7.83. The first-order valence-corrected chi connectivity index (χ1v) is 10.8. The van der Waals surface area contributed by atoms with E-state index < -0.39 is 0 Å².